The number of nitrogens with zero attached hydrogens (tertiary/aromatic N) is 1. The first-order valence-corrected chi connectivity index (χ1v) is 6.97. The van der Waals surface area contributed by atoms with Crippen molar-refractivity contribution in [2.75, 3.05) is 6.54 Å². The van der Waals surface area contributed by atoms with Crippen molar-refractivity contribution < 1.29 is 14.6 Å². The Bertz CT molecular complexity index is 446. The van der Waals surface area contributed by atoms with E-state index in [1.807, 2.05) is 30.3 Å². The molecule has 2 atom stereocenters. The fraction of sp³-hybridized carbons (Fsp3) is 0.438. The summed E-state index contributed by atoms with van der Waals surface area (Å²) in [4.78, 5) is 13.9. The van der Waals surface area contributed by atoms with Crippen LogP contribution in [0.2, 0.25) is 0 Å². The van der Waals surface area contributed by atoms with Gasteiger partial charge in [0.25, 0.3) is 0 Å². The van der Waals surface area contributed by atoms with Crippen LogP contribution in [0.1, 0.15) is 24.8 Å². The van der Waals surface area contributed by atoms with E-state index >= 15 is 0 Å². The molecule has 0 saturated carbocycles. The fourth-order valence-corrected chi connectivity index (χ4v) is 2.49. The Labute approximate surface area is 119 Å². The summed E-state index contributed by atoms with van der Waals surface area (Å²) in [5.41, 5.74) is 0.971. The number of hydrogen-bond acceptors (Lipinski definition) is 3. The van der Waals surface area contributed by atoms with Crippen molar-refractivity contribution >= 4 is 6.09 Å². The van der Waals surface area contributed by atoms with E-state index in [9.17, 15) is 9.90 Å². The van der Waals surface area contributed by atoms with Crippen molar-refractivity contribution in [2.45, 2.75) is 38.0 Å². The Morgan fingerprint density at radius 1 is 1.45 bits per heavy atom. The van der Waals surface area contributed by atoms with E-state index in [0.29, 0.717) is 25.8 Å². The first-order chi connectivity index (χ1) is 9.70. The zero-order valence-electron chi connectivity index (χ0n) is 11.6. The molecule has 0 aromatic heterocycles. The van der Waals surface area contributed by atoms with Gasteiger partial charge in [-0.25, -0.2) is 4.79 Å². The SMILES string of the molecule is C=CC[C@H]1C[C@@H](O)CCN1C(=O)OCc1ccccc1. The van der Waals surface area contributed by atoms with Gasteiger partial charge in [-0.05, 0) is 24.8 Å². The van der Waals surface area contributed by atoms with Crippen LogP contribution in [0.4, 0.5) is 4.79 Å². The van der Waals surface area contributed by atoms with E-state index < -0.39 is 0 Å². The number of aliphatic hydroxyl groups is 1. The van der Waals surface area contributed by atoms with Crippen molar-refractivity contribution in [2.24, 2.45) is 0 Å². The van der Waals surface area contributed by atoms with E-state index in [1.54, 1.807) is 11.0 Å². The third-order valence-corrected chi connectivity index (χ3v) is 3.57. The first kappa shape index (κ1) is 14.6. The maximum Gasteiger partial charge on any atom is 0.410 e. The molecule has 4 heteroatoms. The van der Waals surface area contributed by atoms with Gasteiger partial charge in [-0.3, -0.25) is 0 Å². The molecule has 1 N–H and O–H groups in total. The summed E-state index contributed by atoms with van der Waals surface area (Å²) in [6.07, 6.45) is 3.00. The molecule has 1 aromatic rings. The van der Waals surface area contributed by atoms with Crippen LogP contribution in [-0.4, -0.2) is 34.8 Å². The molecule has 1 aliphatic heterocycles. The highest BCUT2D eigenvalue weighted by Gasteiger charge is 2.30. The molecule has 0 unspecified atom stereocenters. The van der Waals surface area contributed by atoms with Gasteiger partial charge in [0.2, 0.25) is 0 Å². The van der Waals surface area contributed by atoms with Gasteiger partial charge in [-0.1, -0.05) is 36.4 Å². The highest BCUT2D eigenvalue weighted by Crippen LogP contribution is 2.21. The number of hydrogen-bond donors (Lipinski definition) is 1. The molecule has 1 saturated heterocycles. The average Bonchev–Trinajstić information content (AvgIpc) is 2.46. The lowest BCUT2D eigenvalue weighted by Crippen LogP contribution is -2.47. The standard InChI is InChI=1S/C16H21NO3/c1-2-6-14-11-15(18)9-10-17(14)16(19)20-12-13-7-4-3-5-8-13/h2-5,7-8,14-15,18H,1,6,9-12H2/t14-,15-/m0/s1. The van der Waals surface area contributed by atoms with Crippen molar-refractivity contribution in [3.8, 4) is 0 Å². The Morgan fingerprint density at radius 3 is 2.90 bits per heavy atom. The Balaban J connectivity index is 1.91. The maximum absolute atomic E-state index is 12.2. The monoisotopic (exact) mass is 275 g/mol. The fourth-order valence-electron chi connectivity index (χ4n) is 2.49. The second kappa shape index (κ2) is 7.10. The Morgan fingerprint density at radius 2 is 2.20 bits per heavy atom. The molecule has 1 aliphatic rings. The number of benzene rings is 1. The molecular formula is C16H21NO3. The summed E-state index contributed by atoms with van der Waals surface area (Å²) >= 11 is 0. The van der Waals surface area contributed by atoms with Crippen LogP contribution in [-0.2, 0) is 11.3 Å². The molecule has 1 aromatic carbocycles. The van der Waals surface area contributed by atoms with Crippen LogP contribution in [0.15, 0.2) is 43.0 Å². The molecular weight excluding hydrogens is 254 g/mol. The van der Waals surface area contributed by atoms with Gasteiger partial charge in [-0.2, -0.15) is 0 Å². The third kappa shape index (κ3) is 3.84. The normalized spacial score (nSPS) is 22.4. The van der Waals surface area contributed by atoms with Crippen molar-refractivity contribution in [3.63, 3.8) is 0 Å². The van der Waals surface area contributed by atoms with Crippen LogP contribution < -0.4 is 0 Å². The van der Waals surface area contributed by atoms with Crippen LogP contribution in [0.25, 0.3) is 0 Å². The number of likely N-dealkylation sites (tertiary alicyclic amines) is 1. The second-order valence-corrected chi connectivity index (χ2v) is 5.09. The number of carbonyl (C=O) groups is 1. The quantitative estimate of drug-likeness (QED) is 0.860. The van der Waals surface area contributed by atoms with Gasteiger partial charge in [0.15, 0.2) is 0 Å². The van der Waals surface area contributed by atoms with Gasteiger partial charge < -0.3 is 14.7 Å². The number of amides is 1. The summed E-state index contributed by atoms with van der Waals surface area (Å²) in [5.74, 6) is 0. The lowest BCUT2D eigenvalue weighted by atomic mass is 9.97. The van der Waals surface area contributed by atoms with E-state index in [4.69, 9.17) is 4.74 Å². The molecule has 1 heterocycles. The molecule has 4 nitrogen and oxygen atoms in total. The maximum atomic E-state index is 12.2. The molecule has 108 valence electrons. The molecule has 2 rings (SSSR count). The smallest absolute Gasteiger partial charge is 0.410 e. The summed E-state index contributed by atoms with van der Waals surface area (Å²) < 4.78 is 5.35. The summed E-state index contributed by atoms with van der Waals surface area (Å²) in [7, 11) is 0. The number of piperidine rings is 1. The topological polar surface area (TPSA) is 49.8 Å². The van der Waals surface area contributed by atoms with Gasteiger partial charge in [0.05, 0.1) is 6.10 Å². The molecule has 0 bridgehead atoms. The zero-order chi connectivity index (χ0) is 14.4. The van der Waals surface area contributed by atoms with Gasteiger partial charge >= 0.3 is 6.09 Å². The second-order valence-electron chi connectivity index (χ2n) is 5.09. The van der Waals surface area contributed by atoms with E-state index in [2.05, 4.69) is 6.58 Å². The molecule has 1 amide bonds. The van der Waals surface area contributed by atoms with Crippen LogP contribution >= 0.6 is 0 Å². The third-order valence-electron chi connectivity index (χ3n) is 3.57. The van der Waals surface area contributed by atoms with Crippen LogP contribution in [0.3, 0.4) is 0 Å². The summed E-state index contributed by atoms with van der Waals surface area (Å²) in [6.45, 7) is 4.52. The van der Waals surface area contributed by atoms with Gasteiger partial charge in [0, 0.05) is 12.6 Å². The van der Waals surface area contributed by atoms with Gasteiger partial charge in [0.1, 0.15) is 6.61 Å². The lowest BCUT2D eigenvalue weighted by molar-refractivity contribution is 0.0274. The number of carbonyl (C=O) groups excluding carboxylic acids is 1. The number of rotatable bonds is 4. The zero-order valence-corrected chi connectivity index (χ0v) is 11.6. The lowest BCUT2D eigenvalue weighted by Gasteiger charge is -2.36. The highest BCUT2D eigenvalue weighted by molar-refractivity contribution is 5.68. The van der Waals surface area contributed by atoms with Gasteiger partial charge in [-0.15, -0.1) is 6.58 Å². The average molecular weight is 275 g/mol. The molecule has 0 radical (unpaired) electrons. The van der Waals surface area contributed by atoms with E-state index in [0.717, 1.165) is 5.56 Å². The predicted molar refractivity (Wildman–Crippen MR) is 77.2 cm³/mol. The number of aliphatic hydroxyl groups excluding tert-OH is 1. The minimum absolute atomic E-state index is 0.0143. The van der Waals surface area contributed by atoms with E-state index in [-0.39, 0.29) is 24.8 Å². The largest absolute Gasteiger partial charge is 0.445 e. The van der Waals surface area contributed by atoms with Crippen LogP contribution in [0.5, 0.6) is 0 Å². The summed E-state index contributed by atoms with van der Waals surface area (Å²) in [5, 5.41) is 9.70. The first-order valence-electron chi connectivity index (χ1n) is 6.97. The molecule has 1 fully saturated rings. The molecule has 20 heavy (non-hydrogen) atoms. The minimum atomic E-state index is -0.335. The molecule has 0 aliphatic carbocycles. The Kier molecular flexibility index (Phi) is 5.18. The Hall–Kier alpha value is -1.81. The van der Waals surface area contributed by atoms with Crippen molar-refractivity contribution in [1.82, 2.24) is 4.90 Å². The predicted octanol–water partition coefficient (Wildman–Crippen LogP) is 2.72. The molecule has 0 spiro atoms. The minimum Gasteiger partial charge on any atom is -0.445 e. The summed E-state index contributed by atoms with van der Waals surface area (Å²) in [6, 6.07) is 9.60. The van der Waals surface area contributed by atoms with Crippen molar-refractivity contribution in [3.05, 3.63) is 48.6 Å². The highest BCUT2D eigenvalue weighted by atomic mass is 16.6. The number of ether oxygens (including phenoxy) is 1. The van der Waals surface area contributed by atoms with Crippen LogP contribution in [0, 0.1) is 0 Å². The van der Waals surface area contributed by atoms with Crippen molar-refractivity contribution in [1.29, 1.82) is 0 Å². The van der Waals surface area contributed by atoms with E-state index in [1.165, 1.54) is 0 Å².